The van der Waals surface area contributed by atoms with Crippen LogP contribution in [0.25, 0.3) is 0 Å². The van der Waals surface area contributed by atoms with Gasteiger partial charge in [0.25, 0.3) is 0 Å². The smallest absolute Gasteiger partial charge is 0.146 e. The Morgan fingerprint density at radius 3 is 2.45 bits per heavy atom. The normalized spacial score (nSPS) is 12.2. The van der Waals surface area contributed by atoms with E-state index in [1.54, 1.807) is 12.1 Å². The summed E-state index contributed by atoms with van der Waals surface area (Å²) in [4.78, 5) is 1.84. The van der Waals surface area contributed by atoms with Crippen molar-refractivity contribution in [3.63, 3.8) is 0 Å². The number of nitrogens with zero attached hydrogens (tertiary/aromatic N) is 1. The summed E-state index contributed by atoms with van der Waals surface area (Å²) in [6, 6.07) is 13.2. The minimum absolute atomic E-state index is 0.227. The summed E-state index contributed by atoms with van der Waals surface area (Å²) < 4.78 is 14.8. The van der Waals surface area contributed by atoms with Crippen molar-refractivity contribution in [3.05, 3.63) is 58.3 Å². The van der Waals surface area contributed by atoms with Crippen LogP contribution >= 0.6 is 15.9 Å². The number of nitrogens with one attached hydrogen (secondary N) is 1. The van der Waals surface area contributed by atoms with Gasteiger partial charge in [-0.2, -0.15) is 0 Å². The van der Waals surface area contributed by atoms with E-state index in [0.717, 1.165) is 10.2 Å². The highest BCUT2D eigenvalue weighted by Gasteiger charge is 2.13. The maximum atomic E-state index is 13.9. The molecule has 0 amide bonds. The third-order valence-electron chi connectivity index (χ3n) is 3.48. The van der Waals surface area contributed by atoms with Crippen LogP contribution < -0.4 is 10.2 Å². The number of benzene rings is 2. The molecule has 0 bridgehead atoms. The zero-order chi connectivity index (χ0) is 14.7. The van der Waals surface area contributed by atoms with Gasteiger partial charge >= 0.3 is 0 Å². The first kappa shape index (κ1) is 15.0. The van der Waals surface area contributed by atoms with E-state index in [4.69, 9.17) is 0 Å². The van der Waals surface area contributed by atoms with Gasteiger partial charge in [0.2, 0.25) is 0 Å². The van der Waals surface area contributed by atoms with Crippen molar-refractivity contribution in [3.8, 4) is 0 Å². The number of hydrogen-bond donors (Lipinski definition) is 1. The maximum absolute atomic E-state index is 13.9. The molecule has 2 aromatic rings. The fourth-order valence-corrected chi connectivity index (χ4v) is 2.75. The second kappa shape index (κ2) is 6.37. The lowest BCUT2D eigenvalue weighted by Gasteiger charge is -2.22. The third kappa shape index (κ3) is 3.02. The predicted molar refractivity (Wildman–Crippen MR) is 86.1 cm³/mol. The molecule has 0 aromatic heterocycles. The van der Waals surface area contributed by atoms with Crippen LogP contribution in [-0.4, -0.2) is 14.1 Å². The van der Waals surface area contributed by atoms with E-state index in [1.807, 2.05) is 31.1 Å². The van der Waals surface area contributed by atoms with E-state index in [-0.39, 0.29) is 11.9 Å². The number of halogens is 2. The summed E-state index contributed by atoms with van der Waals surface area (Å²) in [7, 11) is 3.79. The average Bonchev–Trinajstić information content (AvgIpc) is 2.46. The molecule has 0 aliphatic carbocycles. The molecule has 1 unspecified atom stereocenters. The van der Waals surface area contributed by atoms with Crippen LogP contribution in [0.15, 0.2) is 46.9 Å². The first-order chi connectivity index (χ1) is 9.54. The van der Waals surface area contributed by atoms with Crippen molar-refractivity contribution in [1.82, 2.24) is 5.32 Å². The van der Waals surface area contributed by atoms with Crippen LogP contribution in [0.1, 0.15) is 18.5 Å². The Morgan fingerprint density at radius 1 is 1.15 bits per heavy atom. The van der Waals surface area contributed by atoms with Gasteiger partial charge in [0.05, 0.1) is 11.4 Å². The van der Waals surface area contributed by atoms with Crippen molar-refractivity contribution in [2.24, 2.45) is 0 Å². The van der Waals surface area contributed by atoms with Gasteiger partial charge in [-0.25, -0.2) is 4.39 Å². The zero-order valence-electron chi connectivity index (χ0n) is 11.8. The Balaban J connectivity index is 2.36. The van der Waals surface area contributed by atoms with Gasteiger partial charge in [-0.05, 0) is 59.7 Å². The highest BCUT2D eigenvalue weighted by molar-refractivity contribution is 9.10. The van der Waals surface area contributed by atoms with Gasteiger partial charge in [-0.15, -0.1) is 0 Å². The Kier molecular flexibility index (Phi) is 4.78. The van der Waals surface area contributed by atoms with Crippen LogP contribution in [0.5, 0.6) is 0 Å². The van der Waals surface area contributed by atoms with Crippen molar-refractivity contribution in [2.75, 3.05) is 19.0 Å². The van der Waals surface area contributed by atoms with Gasteiger partial charge in [0, 0.05) is 17.6 Å². The summed E-state index contributed by atoms with van der Waals surface area (Å²) in [5.41, 5.74) is 2.68. The van der Waals surface area contributed by atoms with E-state index in [1.165, 1.54) is 11.6 Å². The minimum Gasteiger partial charge on any atom is -0.341 e. The molecule has 0 spiro atoms. The lowest BCUT2D eigenvalue weighted by atomic mass is 10.1. The average molecular weight is 337 g/mol. The number of para-hydroxylation sites is 1. The molecule has 20 heavy (non-hydrogen) atoms. The molecule has 2 nitrogen and oxygen atoms in total. The molecular weight excluding hydrogens is 319 g/mol. The molecule has 0 saturated carbocycles. The van der Waals surface area contributed by atoms with Crippen molar-refractivity contribution in [2.45, 2.75) is 13.0 Å². The first-order valence-corrected chi connectivity index (χ1v) is 7.29. The maximum Gasteiger partial charge on any atom is 0.146 e. The summed E-state index contributed by atoms with van der Waals surface area (Å²) in [6.07, 6.45) is 0. The second-order valence-corrected chi connectivity index (χ2v) is 5.59. The zero-order valence-corrected chi connectivity index (χ0v) is 13.4. The van der Waals surface area contributed by atoms with Crippen molar-refractivity contribution < 1.29 is 4.39 Å². The summed E-state index contributed by atoms with van der Waals surface area (Å²) in [5, 5.41) is 3.20. The molecule has 0 heterocycles. The number of anilines is 2. The fourth-order valence-electron chi connectivity index (χ4n) is 2.08. The molecule has 106 valence electrons. The molecule has 0 saturated heterocycles. The molecule has 0 aliphatic heterocycles. The molecule has 1 N–H and O–H groups in total. The van der Waals surface area contributed by atoms with Crippen LogP contribution in [-0.2, 0) is 0 Å². The van der Waals surface area contributed by atoms with Gasteiger partial charge < -0.3 is 10.2 Å². The minimum atomic E-state index is -0.227. The lowest BCUT2D eigenvalue weighted by molar-refractivity contribution is 0.627. The lowest BCUT2D eigenvalue weighted by Crippen LogP contribution is -2.14. The van der Waals surface area contributed by atoms with E-state index in [2.05, 4.69) is 40.3 Å². The molecule has 4 heteroatoms. The van der Waals surface area contributed by atoms with Gasteiger partial charge in [-0.1, -0.05) is 18.2 Å². The molecule has 0 fully saturated rings. The predicted octanol–water partition coefficient (Wildman–Crippen LogP) is 4.64. The Bertz CT molecular complexity index is 601. The molecule has 2 rings (SSSR count). The Labute approximate surface area is 127 Å². The van der Waals surface area contributed by atoms with Crippen LogP contribution in [0, 0.1) is 5.82 Å². The molecule has 1 atom stereocenters. The summed E-state index contributed by atoms with van der Waals surface area (Å²) in [6.45, 7) is 2.10. The Hall–Kier alpha value is -1.39. The highest BCUT2D eigenvalue weighted by atomic mass is 79.9. The molecule has 2 aromatic carbocycles. The number of hydrogen-bond acceptors (Lipinski definition) is 2. The SMILES string of the molecule is CNC(C)c1ccc(N(C)c2ccccc2F)c(Br)c1. The molecule has 0 aliphatic rings. The summed E-state index contributed by atoms with van der Waals surface area (Å²) in [5.74, 6) is -0.227. The number of rotatable bonds is 4. The third-order valence-corrected chi connectivity index (χ3v) is 4.12. The van der Waals surface area contributed by atoms with E-state index in [9.17, 15) is 4.39 Å². The summed E-state index contributed by atoms with van der Waals surface area (Å²) >= 11 is 3.58. The van der Waals surface area contributed by atoms with Crippen LogP contribution in [0.3, 0.4) is 0 Å². The topological polar surface area (TPSA) is 15.3 Å². The van der Waals surface area contributed by atoms with Gasteiger partial charge in [0.15, 0.2) is 0 Å². The van der Waals surface area contributed by atoms with Crippen molar-refractivity contribution in [1.29, 1.82) is 0 Å². The monoisotopic (exact) mass is 336 g/mol. The van der Waals surface area contributed by atoms with Crippen molar-refractivity contribution >= 4 is 27.3 Å². The van der Waals surface area contributed by atoms with E-state index in [0.29, 0.717) is 5.69 Å². The Morgan fingerprint density at radius 2 is 1.85 bits per heavy atom. The molecule has 0 radical (unpaired) electrons. The largest absolute Gasteiger partial charge is 0.341 e. The quantitative estimate of drug-likeness (QED) is 0.875. The second-order valence-electron chi connectivity index (χ2n) is 4.73. The van der Waals surface area contributed by atoms with Crippen LogP contribution in [0.2, 0.25) is 0 Å². The van der Waals surface area contributed by atoms with E-state index < -0.39 is 0 Å². The highest BCUT2D eigenvalue weighted by Crippen LogP contribution is 2.33. The van der Waals surface area contributed by atoms with Gasteiger partial charge in [-0.3, -0.25) is 0 Å². The van der Waals surface area contributed by atoms with Crippen LogP contribution in [0.4, 0.5) is 15.8 Å². The fraction of sp³-hybridized carbons (Fsp3) is 0.250. The standard InChI is InChI=1S/C16H18BrFN2/c1-11(19-2)12-8-9-15(13(17)10-12)20(3)16-7-5-4-6-14(16)18/h4-11,19H,1-3H3. The van der Waals surface area contributed by atoms with Gasteiger partial charge in [0.1, 0.15) is 5.82 Å². The molecular formula is C16H18BrFN2. The first-order valence-electron chi connectivity index (χ1n) is 6.49. The van der Waals surface area contributed by atoms with E-state index >= 15 is 0 Å².